The van der Waals surface area contributed by atoms with Crippen molar-refractivity contribution in [2.75, 3.05) is 24.4 Å². The second kappa shape index (κ2) is 8.74. The molecule has 0 unspecified atom stereocenters. The highest BCUT2D eigenvalue weighted by atomic mass is 16.5. The minimum atomic E-state index is -0.482. The van der Waals surface area contributed by atoms with Gasteiger partial charge in [-0.3, -0.25) is 4.79 Å². The number of nitrogens with zero attached hydrogens (tertiary/aromatic N) is 3. The summed E-state index contributed by atoms with van der Waals surface area (Å²) in [6.45, 7) is 8.32. The summed E-state index contributed by atoms with van der Waals surface area (Å²) in [7, 11) is 1.60. The largest absolute Gasteiger partial charge is 0.493 e. The quantitative estimate of drug-likeness (QED) is 0.605. The number of carbonyl (C=O) groups is 1. The van der Waals surface area contributed by atoms with E-state index in [0.717, 1.165) is 22.4 Å². The lowest BCUT2D eigenvalue weighted by Crippen LogP contribution is -2.31. The topological polar surface area (TPSA) is 90.3 Å². The van der Waals surface area contributed by atoms with Crippen molar-refractivity contribution in [3.05, 3.63) is 70.7 Å². The maximum atomic E-state index is 13.5. The molecular weight excluding hydrogens is 406 g/mol. The highest BCUT2D eigenvalue weighted by Crippen LogP contribution is 2.39. The van der Waals surface area contributed by atoms with Crippen LogP contribution in [0.1, 0.15) is 36.6 Å². The highest BCUT2D eigenvalue weighted by molar-refractivity contribution is 6.06. The van der Waals surface area contributed by atoms with Gasteiger partial charge in [-0.1, -0.05) is 23.8 Å². The number of amides is 1. The molecule has 166 valence electrons. The number of aryl methyl sites for hydroxylation is 2. The Morgan fingerprint density at radius 1 is 1.16 bits per heavy atom. The molecule has 3 aromatic rings. The van der Waals surface area contributed by atoms with Gasteiger partial charge in [0.15, 0.2) is 11.5 Å². The Labute approximate surface area is 187 Å². The second-order valence-corrected chi connectivity index (χ2v) is 7.71. The molecule has 1 aliphatic rings. The van der Waals surface area contributed by atoms with E-state index in [1.165, 1.54) is 6.33 Å². The minimum absolute atomic E-state index is 0.207. The molecule has 1 atom stereocenters. The van der Waals surface area contributed by atoms with Crippen molar-refractivity contribution < 1.29 is 14.3 Å². The van der Waals surface area contributed by atoms with Crippen LogP contribution in [0.25, 0.3) is 0 Å². The van der Waals surface area contributed by atoms with Gasteiger partial charge in [-0.25, -0.2) is 4.68 Å². The number of anilines is 2. The van der Waals surface area contributed by atoms with Gasteiger partial charge in [0.1, 0.15) is 12.4 Å². The number of nitrogens with one attached hydrogen (secondary N) is 2. The van der Waals surface area contributed by atoms with E-state index in [-0.39, 0.29) is 5.91 Å². The van der Waals surface area contributed by atoms with Crippen LogP contribution in [0.15, 0.2) is 54.0 Å². The van der Waals surface area contributed by atoms with Crippen LogP contribution < -0.4 is 20.1 Å². The fraction of sp³-hybridized carbons (Fsp3) is 0.292. The average molecular weight is 434 g/mol. The number of aromatic nitrogens is 3. The summed E-state index contributed by atoms with van der Waals surface area (Å²) in [5.41, 5.74) is 5.01. The molecule has 1 aromatic heterocycles. The molecule has 32 heavy (non-hydrogen) atoms. The van der Waals surface area contributed by atoms with E-state index < -0.39 is 6.04 Å². The molecule has 2 heterocycles. The SMILES string of the molecule is CCOc1ccc([C@@H]2C(C(=O)Nc3ccc(C)cc3C)=C(C)Nc3ncnn32)cc1OC. The second-order valence-electron chi connectivity index (χ2n) is 7.71. The summed E-state index contributed by atoms with van der Waals surface area (Å²) in [5.74, 6) is 1.61. The van der Waals surface area contributed by atoms with Crippen LogP contribution in [0.2, 0.25) is 0 Å². The zero-order chi connectivity index (χ0) is 22.8. The standard InChI is InChI=1S/C24H27N5O3/c1-6-32-19-10-8-17(12-20(19)31-5)22-21(16(4)27-24-25-13-26-29(22)24)23(30)28-18-9-7-14(2)11-15(18)3/h7-13,22H,6H2,1-5H3,(H,28,30)(H,25,26,27)/t22-/m1/s1. The lowest BCUT2D eigenvalue weighted by Gasteiger charge is -2.29. The number of benzene rings is 2. The highest BCUT2D eigenvalue weighted by Gasteiger charge is 2.34. The number of fused-ring (bicyclic) bond motifs is 1. The predicted octanol–water partition coefficient (Wildman–Crippen LogP) is 4.23. The smallest absolute Gasteiger partial charge is 0.255 e. The fourth-order valence-electron chi connectivity index (χ4n) is 3.97. The van der Waals surface area contributed by atoms with Crippen LogP contribution >= 0.6 is 0 Å². The molecule has 2 N–H and O–H groups in total. The van der Waals surface area contributed by atoms with Crippen LogP contribution in [0.3, 0.4) is 0 Å². The van der Waals surface area contributed by atoms with Gasteiger partial charge >= 0.3 is 0 Å². The fourth-order valence-corrected chi connectivity index (χ4v) is 3.97. The average Bonchev–Trinajstić information content (AvgIpc) is 3.23. The molecule has 0 saturated heterocycles. The summed E-state index contributed by atoms with van der Waals surface area (Å²) < 4.78 is 12.9. The lowest BCUT2D eigenvalue weighted by atomic mass is 9.94. The molecule has 0 spiro atoms. The van der Waals surface area contributed by atoms with E-state index in [0.29, 0.717) is 35.3 Å². The molecule has 8 heteroatoms. The number of hydrogen-bond donors (Lipinski definition) is 2. The summed E-state index contributed by atoms with van der Waals surface area (Å²) in [5, 5.41) is 10.6. The number of allylic oxidation sites excluding steroid dienone is 1. The first-order chi connectivity index (χ1) is 15.4. The normalized spacial score (nSPS) is 15.1. The van der Waals surface area contributed by atoms with E-state index in [2.05, 4.69) is 20.7 Å². The molecular formula is C24H27N5O3. The number of ether oxygens (including phenoxy) is 2. The maximum Gasteiger partial charge on any atom is 0.255 e. The summed E-state index contributed by atoms with van der Waals surface area (Å²) >= 11 is 0. The van der Waals surface area contributed by atoms with Crippen molar-refractivity contribution >= 4 is 17.5 Å². The third kappa shape index (κ3) is 3.91. The van der Waals surface area contributed by atoms with Gasteiger partial charge in [0, 0.05) is 11.4 Å². The van der Waals surface area contributed by atoms with E-state index in [9.17, 15) is 4.79 Å². The van der Waals surface area contributed by atoms with Crippen LogP contribution in [-0.4, -0.2) is 34.4 Å². The molecule has 2 aromatic carbocycles. The minimum Gasteiger partial charge on any atom is -0.493 e. The first-order valence-electron chi connectivity index (χ1n) is 10.5. The van der Waals surface area contributed by atoms with Gasteiger partial charge in [-0.05, 0) is 57.0 Å². The molecule has 4 rings (SSSR count). The van der Waals surface area contributed by atoms with Crippen molar-refractivity contribution in [2.45, 2.75) is 33.7 Å². The van der Waals surface area contributed by atoms with E-state index in [1.807, 2.05) is 64.1 Å². The Hall–Kier alpha value is -3.81. The monoisotopic (exact) mass is 433 g/mol. The Morgan fingerprint density at radius 2 is 1.97 bits per heavy atom. The van der Waals surface area contributed by atoms with Crippen molar-refractivity contribution in [1.82, 2.24) is 14.8 Å². The first-order valence-corrected chi connectivity index (χ1v) is 10.5. The van der Waals surface area contributed by atoms with E-state index in [4.69, 9.17) is 9.47 Å². The zero-order valence-corrected chi connectivity index (χ0v) is 18.9. The van der Waals surface area contributed by atoms with Crippen LogP contribution in [0, 0.1) is 13.8 Å². The van der Waals surface area contributed by atoms with Crippen molar-refractivity contribution in [3.8, 4) is 11.5 Å². The van der Waals surface area contributed by atoms with E-state index >= 15 is 0 Å². The van der Waals surface area contributed by atoms with Crippen molar-refractivity contribution in [2.24, 2.45) is 0 Å². The molecule has 1 amide bonds. The number of rotatable bonds is 6. The molecule has 1 aliphatic heterocycles. The maximum absolute atomic E-state index is 13.5. The number of carbonyl (C=O) groups excluding carboxylic acids is 1. The van der Waals surface area contributed by atoms with Gasteiger partial charge in [0.2, 0.25) is 5.95 Å². The molecule has 0 fully saturated rings. The van der Waals surface area contributed by atoms with Gasteiger partial charge in [0.05, 0.1) is 19.3 Å². The van der Waals surface area contributed by atoms with Crippen molar-refractivity contribution in [1.29, 1.82) is 0 Å². The molecule has 0 aliphatic carbocycles. The zero-order valence-electron chi connectivity index (χ0n) is 18.9. The summed E-state index contributed by atoms with van der Waals surface area (Å²) in [6, 6.07) is 11.1. The molecule has 0 saturated carbocycles. The summed E-state index contributed by atoms with van der Waals surface area (Å²) in [6.07, 6.45) is 1.47. The molecule has 0 bridgehead atoms. The third-order valence-corrected chi connectivity index (χ3v) is 5.47. The van der Waals surface area contributed by atoms with Gasteiger partial charge in [-0.2, -0.15) is 10.1 Å². The van der Waals surface area contributed by atoms with Crippen LogP contribution in [0.4, 0.5) is 11.6 Å². The Balaban J connectivity index is 1.77. The molecule has 8 nitrogen and oxygen atoms in total. The Bertz CT molecular complexity index is 1200. The first kappa shape index (κ1) is 21.4. The summed E-state index contributed by atoms with van der Waals surface area (Å²) in [4.78, 5) is 17.8. The Kier molecular flexibility index (Phi) is 5.85. The van der Waals surface area contributed by atoms with E-state index in [1.54, 1.807) is 11.8 Å². The van der Waals surface area contributed by atoms with Gasteiger partial charge in [0.25, 0.3) is 5.91 Å². The predicted molar refractivity (Wildman–Crippen MR) is 123 cm³/mol. The Morgan fingerprint density at radius 3 is 2.69 bits per heavy atom. The number of hydrogen-bond acceptors (Lipinski definition) is 6. The van der Waals surface area contributed by atoms with Crippen LogP contribution in [0.5, 0.6) is 11.5 Å². The van der Waals surface area contributed by atoms with Gasteiger partial charge in [-0.15, -0.1) is 0 Å². The molecule has 0 radical (unpaired) electrons. The number of methoxy groups -OCH3 is 1. The van der Waals surface area contributed by atoms with Crippen LogP contribution in [-0.2, 0) is 4.79 Å². The lowest BCUT2D eigenvalue weighted by molar-refractivity contribution is -0.113. The third-order valence-electron chi connectivity index (χ3n) is 5.47. The van der Waals surface area contributed by atoms with Crippen molar-refractivity contribution in [3.63, 3.8) is 0 Å². The van der Waals surface area contributed by atoms with Gasteiger partial charge < -0.3 is 20.1 Å².